The zero-order chi connectivity index (χ0) is 9.84. The van der Waals surface area contributed by atoms with Crippen molar-refractivity contribution in [3.63, 3.8) is 0 Å². The highest BCUT2D eigenvalue weighted by Crippen LogP contribution is 2.19. The van der Waals surface area contributed by atoms with Crippen LogP contribution in [-0.4, -0.2) is 18.5 Å². The molecule has 0 heterocycles. The number of nitrogens with two attached hydrogens (primary N) is 1. The first-order valence-electron chi connectivity index (χ1n) is 4.70. The lowest BCUT2D eigenvalue weighted by atomic mass is 10.1. The van der Waals surface area contributed by atoms with E-state index in [9.17, 15) is 0 Å². The van der Waals surface area contributed by atoms with E-state index in [2.05, 4.69) is 31.9 Å². The first-order chi connectivity index (χ1) is 6.15. The van der Waals surface area contributed by atoms with Crippen molar-refractivity contribution >= 4 is 5.69 Å². The number of nitrogens with zero attached hydrogens (tertiary/aromatic N) is 1. The second-order valence-electron chi connectivity index (χ2n) is 3.42. The molecule has 1 rings (SSSR count). The third kappa shape index (κ3) is 2.46. The lowest BCUT2D eigenvalue weighted by Gasteiger charge is -2.23. The van der Waals surface area contributed by atoms with Gasteiger partial charge >= 0.3 is 0 Å². The maximum Gasteiger partial charge on any atom is 0.0317 e. The van der Waals surface area contributed by atoms with Gasteiger partial charge in [0.25, 0.3) is 0 Å². The summed E-state index contributed by atoms with van der Waals surface area (Å²) < 4.78 is 0. The van der Waals surface area contributed by atoms with Crippen LogP contribution in [0.3, 0.4) is 0 Å². The molecule has 0 aliphatic rings. The Morgan fingerprint density at radius 1 is 1.46 bits per heavy atom. The zero-order valence-electron chi connectivity index (χ0n) is 8.62. The Balaban J connectivity index is 2.82. The lowest BCUT2D eigenvalue weighted by Crippen LogP contribution is -2.21. The third-order valence-electron chi connectivity index (χ3n) is 2.55. The van der Waals surface area contributed by atoms with Gasteiger partial charge in [-0.1, -0.05) is 19.1 Å². The van der Waals surface area contributed by atoms with Gasteiger partial charge in [0.2, 0.25) is 0 Å². The summed E-state index contributed by atoms with van der Waals surface area (Å²) in [5, 5.41) is 0. The predicted octanol–water partition coefficient (Wildman–Crippen LogP) is 2.28. The van der Waals surface area contributed by atoms with Gasteiger partial charge in [-0.25, -0.2) is 0 Å². The molecule has 1 unspecified atom stereocenters. The van der Waals surface area contributed by atoms with Crippen LogP contribution in [0.5, 0.6) is 0 Å². The minimum atomic E-state index is 0.438. The van der Waals surface area contributed by atoms with Gasteiger partial charge in [0.15, 0.2) is 0 Å². The summed E-state index contributed by atoms with van der Waals surface area (Å²) in [6.07, 6.45) is 0. The molecule has 0 aromatic heterocycles. The standard InChI is InChI=1S/C11H18N2/c1-4-13(3)9(2)10-6-5-7-11(12)8-10/h5-9H,4,12H2,1-3H3. The van der Waals surface area contributed by atoms with Crippen LogP contribution in [-0.2, 0) is 0 Å². The van der Waals surface area contributed by atoms with E-state index in [1.807, 2.05) is 18.2 Å². The molecule has 2 N–H and O–H groups in total. The lowest BCUT2D eigenvalue weighted by molar-refractivity contribution is 0.276. The number of rotatable bonds is 3. The fourth-order valence-electron chi connectivity index (χ4n) is 1.35. The Labute approximate surface area is 80.4 Å². The molecule has 13 heavy (non-hydrogen) atoms. The van der Waals surface area contributed by atoms with Crippen LogP contribution in [0, 0.1) is 0 Å². The number of hydrogen-bond acceptors (Lipinski definition) is 2. The van der Waals surface area contributed by atoms with Gasteiger partial charge in [-0.3, -0.25) is 4.90 Å². The van der Waals surface area contributed by atoms with E-state index < -0.39 is 0 Å². The van der Waals surface area contributed by atoms with Crippen LogP contribution < -0.4 is 5.73 Å². The number of hydrogen-bond donors (Lipinski definition) is 1. The molecule has 0 saturated heterocycles. The molecule has 0 amide bonds. The van der Waals surface area contributed by atoms with Crippen molar-refractivity contribution in [3.8, 4) is 0 Å². The Morgan fingerprint density at radius 2 is 2.15 bits per heavy atom. The summed E-state index contributed by atoms with van der Waals surface area (Å²) in [4.78, 5) is 2.29. The molecule has 72 valence electrons. The molecule has 0 radical (unpaired) electrons. The summed E-state index contributed by atoms with van der Waals surface area (Å²) in [6.45, 7) is 5.40. The molecule has 1 aromatic rings. The maximum atomic E-state index is 5.72. The SMILES string of the molecule is CCN(C)C(C)c1cccc(N)c1. The summed E-state index contributed by atoms with van der Waals surface area (Å²) in [7, 11) is 2.12. The molecule has 0 aliphatic carbocycles. The van der Waals surface area contributed by atoms with Gasteiger partial charge in [-0.2, -0.15) is 0 Å². The molecular weight excluding hydrogens is 160 g/mol. The minimum Gasteiger partial charge on any atom is -0.399 e. The summed E-state index contributed by atoms with van der Waals surface area (Å²) in [5.41, 5.74) is 7.84. The van der Waals surface area contributed by atoms with Gasteiger partial charge < -0.3 is 5.73 Å². The molecule has 2 heteroatoms. The maximum absolute atomic E-state index is 5.72. The second-order valence-corrected chi connectivity index (χ2v) is 3.42. The molecule has 0 fully saturated rings. The fourth-order valence-corrected chi connectivity index (χ4v) is 1.35. The van der Waals surface area contributed by atoms with Crippen molar-refractivity contribution in [2.24, 2.45) is 0 Å². The molecule has 2 nitrogen and oxygen atoms in total. The van der Waals surface area contributed by atoms with Crippen molar-refractivity contribution in [2.45, 2.75) is 19.9 Å². The van der Waals surface area contributed by atoms with Gasteiger partial charge in [0, 0.05) is 11.7 Å². The monoisotopic (exact) mass is 178 g/mol. The first kappa shape index (κ1) is 10.1. The van der Waals surface area contributed by atoms with Crippen LogP contribution in [0.15, 0.2) is 24.3 Å². The average molecular weight is 178 g/mol. The second kappa shape index (κ2) is 4.28. The van der Waals surface area contributed by atoms with Gasteiger partial charge in [-0.05, 0) is 38.2 Å². The van der Waals surface area contributed by atoms with E-state index in [1.54, 1.807) is 0 Å². The zero-order valence-corrected chi connectivity index (χ0v) is 8.62. The molecular formula is C11H18N2. The normalized spacial score (nSPS) is 13.2. The molecule has 0 spiro atoms. The Kier molecular flexibility index (Phi) is 3.32. The van der Waals surface area contributed by atoms with E-state index in [-0.39, 0.29) is 0 Å². The van der Waals surface area contributed by atoms with Crippen LogP contribution in [0.2, 0.25) is 0 Å². The molecule has 0 saturated carbocycles. The summed E-state index contributed by atoms with van der Waals surface area (Å²) in [6, 6.07) is 8.52. The van der Waals surface area contributed by atoms with Gasteiger partial charge in [0.05, 0.1) is 0 Å². The molecule has 1 aromatic carbocycles. The molecule has 0 aliphatic heterocycles. The minimum absolute atomic E-state index is 0.438. The summed E-state index contributed by atoms with van der Waals surface area (Å²) >= 11 is 0. The topological polar surface area (TPSA) is 29.3 Å². The van der Waals surface area contributed by atoms with E-state index in [4.69, 9.17) is 5.73 Å². The predicted molar refractivity (Wildman–Crippen MR) is 57.6 cm³/mol. The Morgan fingerprint density at radius 3 is 2.69 bits per heavy atom. The fraction of sp³-hybridized carbons (Fsp3) is 0.455. The van der Waals surface area contributed by atoms with Crippen LogP contribution >= 0.6 is 0 Å². The van der Waals surface area contributed by atoms with Crippen molar-refractivity contribution < 1.29 is 0 Å². The largest absolute Gasteiger partial charge is 0.399 e. The highest BCUT2D eigenvalue weighted by molar-refractivity contribution is 5.41. The van der Waals surface area contributed by atoms with E-state index in [1.165, 1.54) is 5.56 Å². The number of benzene rings is 1. The first-order valence-corrected chi connectivity index (χ1v) is 4.70. The highest BCUT2D eigenvalue weighted by atomic mass is 15.1. The van der Waals surface area contributed by atoms with Crippen molar-refractivity contribution in [1.82, 2.24) is 4.90 Å². The van der Waals surface area contributed by atoms with Crippen molar-refractivity contribution in [2.75, 3.05) is 19.3 Å². The highest BCUT2D eigenvalue weighted by Gasteiger charge is 2.08. The quantitative estimate of drug-likeness (QED) is 0.719. The Bertz CT molecular complexity index is 271. The Hall–Kier alpha value is -1.02. The van der Waals surface area contributed by atoms with Crippen LogP contribution in [0.4, 0.5) is 5.69 Å². The van der Waals surface area contributed by atoms with Crippen molar-refractivity contribution in [3.05, 3.63) is 29.8 Å². The average Bonchev–Trinajstić information content (AvgIpc) is 2.15. The smallest absolute Gasteiger partial charge is 0.0317 e. The van der Waals surface area contributed by atoms with Crippen molar-refractivity contribution in [1.29, 1.82) is 0 Å². The number of anilines is 1. The van der Waals surface area contributed by atoms with E-state index in [0.29, 0.717) is 6.04 Å². The van der Waals surface area contributed by atoms with Gasteiger partial charge in [0.1, 0.15) is 0 Å². The number of nitrogen functional groups attached to an aromatic ring is 1. The van der Waals surface area contributed by atoms with E-state index >= 15 is 0 Å². The molecule has 1 atom stereocenters. The van der Waals surface area contributed by atoms with Crippen LogP contribution in [0.25, 0.3) is 0 Å². The van der Waals surface area contributed by atoms with Gasteiger partial charge in [-0.15, -0.1) is 0 Å². The summed E-state index contributed by atoms with van der Waals surface area (Å²) in [5.74, 6) is 0. The van der Waals surface area contributed by atoms with E-state index in [0.717, 1.165) is 12.2 Å². The molecule has 0 bridgehead atoms. The third-order valence-corrected chi connectivity index (χ3v) is 2.55. The van der Waals surface area contributed by atoms with Crippen LogP contribution in [0.1, 0.15) is 25.5 Å².